The Morgan fingerprint density at radius 1 is 0.862 bits per heavy atom. The molecule has 1 aliphatic rings. The van der Waals surface area contributed by atoms with Gasteiger partial charge in [-0.15, -0.1) is 0 Å². The Kier molecular flexibility index (Phi) is 5.47. The molecule has 5 nitrogen and oxygen atoms in total. The zero-order valence-corrected chi connectivity index (χ0v) is 16.9. The molecule has 4 rings (SSSR count). The van der Waals surface area contributed by atoms with Crippen molar-refractivity contribution in [2.45, 2.75) is 26.7 Å². The molecule has 0 atom stereocenters. The zero-order chi connectivity index (χ0) is 20.2. The summed E-state index contributed by atoms with van der Waals surface area (Å²) in [5.74, 6) is -0.172. The second-order valence-corrected chi connectivity index (χ2v) is 7.58. The molecule has 1 fully saturated rings. The van der Waals surface area contributed by atoms with Crippen LogP contribution in [0.2, 0.25) is 0 Å². The molecule has 0 aliphatic carbocycles. The van der Waals surface area contributed by atoms with E-state index in [-0.39, 0.29) is 5.91 Å². The second kappa shape index (κ2) is 8.35. The lowest BCUT2D eigenvalue weighted by molar-refractivity contribution is 0.102. The normalized spacial score (nSPS) is 13.4. The number of nitrogens with zero attached hydrogens (tertiary/aromatic N) is 2. The molecule has 0 bridgehead atoms. The van der Waals surface area contributed by atoms with E-state index in [0.29, 0.717) is 5.56 Å². The van der Waals surface area contributed by atoms with Crippen molar-refractivity contribution < 1.29 is 4.79 Å². The Morgan fingerprint density at radius 2 is 1.59 bits per heavy atom. The quantitative estimate of drug-likeness (QED) is 0.625. The van der Waals surface area contributed by atoms with Crippen molar-refractivity contribution in [1.29, 1.82) is 0 Å². The minimum Gasteiger partial charge on any atom is -0.372 e. The first-order valence-corrected chi connectivity index (χ1v) is 10.0. The van der Waals surface area contributed by atoms with Gasteiger partial charge >= 0.3 is 0 Å². The smallest absolute Gasteiger partial charge is 0.257 e. The SMILES string of the molecule is Cc1ccc(NC(=O)c2cncc(Nc3ccc(N4CCCC4)cc3)c2)cc1C. The van der Waals surface area contributed by atoms with Crippen LogP contribution < -0.4 is 15.5 Å². The van der Waals surface area contributed by atoms with Crippen molar-refractivity contribution in [3.8, 4) is 0 Å². The summed E-state index contributed by atoms with van der Waals surface area (Å²) in [5.41, 5.74) is 6.66. The number of hydrogen-bond acceptors (Lipinski definition) is 4. The van der Waals surface area contributed by atoms with E-state index in [1.807, 2.05) is 31.2 Å². The van der Waals surface area contributed by atoms with Gasteiger partial charge in [0.15, 0.2) is 0 Å². The predicted octanol–water partition coefficient (Wildman–Crippen LogP) is 5.29. The fourth-order valence-corrected chi connectivity index (χ4v) is 3.55. The van der Waals surface area contributed by atoms with Crippen LogP contribution in [0, 0.1) is 13.8 Å². The van der Waals surface area contributed by atoms with Crippen molar-refractivity contribution >= 4 is 28.7 Å². The topological polar surface area (TPSA) is 57.3 Å². The Labute approximate surface area is 171 Å². The Morgan fingerprint density at radius 3 is 2.31 bits per heavy atom. The maximum Gasteiger partial charge on any atom is 0.257 e. The first-order chi connectivity index (χ1) is 14.1. The lowest BCUT2D eigenvalue weighted by atomic mass is 10.1. The molecular weight excluding hydrogens is 360 g/mol. The van der Waals surface area contributed by atoms with Gasteiger partial charge in [-0.2, -0.15) is 0 Å². The molecule has 1 aliphatic heterocycles. The molecule has 0 unspecified atom stereocenters. The number of hydrogen-bond donors (Lipinski definition) is 2. The lowest BCUT2D eigenvalue weighted by Crippen LogP contribution is -2.17. The molecule has 1 aromatic heterocycles. The number of anilines is 4. The van der Waals surface area contributed by atoms with Gasteiger partial charge in [0.05, 0.1) is 17.4 Å². The van der Waals surface area contributed by atoms with Crippen LogP contribution >= 0.6 is 0 Å². The Balaban J connectivity index is 1.43. The van der Waals surface area contributed by atoms with E-state index in [9.17, 15) is 4.79 Å². The fourth-order valence-electron chi connectivity index (χ4n) is 3.55. The molecule has 2 heterocycles. The van der Waals surface area contributed by atoms with E-state index in [1.54, 1.807) is 12.4 Å². The van der Waals surface area contributed by atoms with Gasteiger partial charge in [0.25, 0.3) is 5.91 Å². The number of aryl methyl sites for hydroxylation is 2. The van der Waals surface area contributed by atoms with Crippen LogP contribution in [0.15, 0.2) is 60.9 Å². The van der Waals surface area contributed by atoms with E-state index in [4.69, 9.17) is 0 Å². The van der Waals surface area contributed by atoms with Crippen LogP contribution in [0.1, 0.15) is 34.3 Å². The standard InChI is InChI=1S/C24H26N4O/c1-17-5-6-21(13-18(17)2)27-24(29)19-14-22(16-25-15-19)26-20-7-9-23(10-8-20)28-11-3-4-12-28/h5-10,13-16,26H,3-4,11-12H2,1-2H3,(H,27,29). The second-order valence-electron chi connectivity index (χ2n) is 7.58. The summed E-state index contributed by atoms with van der Waals surface area (Å²) in [7, 11) is 0. The molecule has 1 amide bonds. The molecule has 5 heteroatoms. The molecule has 148 valence electrons. The first-order valence-electron chi connectivity index (χ1n) is 10.0. The summed E-state index contributed by atoms with van der Waals surface area (Å²) >= 11 is 0. The third-order valence-electron chi connectivity index (χ3n) is 5.39. The highest BCUT2D eigenvalue weighted by Gasteiger charge is 2.12. The van der Waals surface area contributed by atoms with Gasteiger partial charge in [-0.1, -0.05) is 6.07 Å². The lowest BCUT2D eigenvalue weighted by Gasteiger charge is -2.18. The Hall–Kier alpha value is -3.34. The Bertz CT molecular complexity index is 1010. The van der Waals surface area contributed by atoms with E-state index >= 15 is 0 Å². The average Bonchev–Trinajstić information content (AvgIpc) is 3.26. The number of aromatic nitrogens is 1. The van der Waals surface area contributed by atoms with E-state index in [0.717, 1.165) is 35.7 Å². The van der Waals surface area contributed by atoms with Gasteiger partial charge < -0.3 is 15.5 Å². The van der Waals surface area contributed by atoms with Crippen molar-refractivity contribution in [3.63, 3.8) is 0 Å². The van der Waals surface area contributed by atoms with Crippen LogP contribution in [-0.4, -0.2) is 24.0 Å². The van der Waals surface area contributed by atoms with E-state index in [2.05, 4.69) is 51.7 Å². The third-order valence-corrected chi connectivity index (χ3v) is 5.39. The largest absolute Gasteiger partial charge is 0.372 e. The highest BCUT2D eigenvalue weighted by molar-refractivity contribution is 6.04. The fraction of sp³-hybridized carbons (Fsp3) is 0.250. The monoisotopic (exact) mass is 386 g/mol. The molecule has 2 N–H and O–H groups in total. The van der Waals surface area contributed by atoms with Crippen molar-refractivity contribution in [2.75, 3.05) is 28.6 Å². The van der Waals surface area contributed by atoms with Gasteiger partial charge in [0.2, 0.25) is 0 Å². The van der Waals surface area contributed by atoms with E-state index < -0.39 is 0 Å². The van der Waals surface area contributed by atoms with Crippen molar-refractivity contribution in [3.05, 3.63) is 77.6 Å². The number of nitrogens with one attached hydrogen (secondary N) is 2. The van der Waals surface area contributed by atoms with Crippen molar-refractivity contribution in [1.82, 2.24) is 4.98 Å². The molecule has 0 radical (unpaired) electrons. The van der Waals surface area contributed by atoms with Crippen LogP contribution in [-0.2, 0) is 0 Å². The average molecular weight is 386 g/mol. The predicted molar refractivity (Wildman–Crippen MR) is 119 cm³/mol. The summed E-state index contributed by atoms with van der Waals surface area (Å²) < 4.78 is 0. The van der Waals surface area contributed by atoms with E-state index in [1.165, 1.54) is 24.1 Å². The van der Waals surface area contributed by atoms with Gasteiger partial charge in [-0.3, -0.25) is 9.78 Å². The molecule has 3 aromatic rings. The van der Waals surface area contributed by atoms with Crippen LogP contribution in [0.25, 0.3) is 0 Å². The number of pyridine rings is 1. The molecule has 29 heavy (non-hydrogen) atoms. The summed E-state index contributed by atoms with van der Waals surface area (Å²) in [6.45, 7) is 6.35. The number of carbonyl (C=O) groups is 1. The van der Waals surface area contributed by atoms with Gasteiger partial charge in [-0.25, -0.2) is 0 Å². The highest BCUT2D eigenvalue weighted by atomic mass is 16.1. The molecule has 2 aromatic carbocycles. The third kappa shape index (κ3) is 4.57. The number of amides is 1. The summed E-state index contributed by atoms with van der Waals surface area (Å²) in [4.78, 5) is 19.3. The highest BCUT2D eigenvalue weighted by Crippen LogP contribution is 2.24. The number of benzene rings is 2. The molecule has 0 saturated carbocycles. The van der Waals surface area contributed by atoms with Gasteiger partial charge in [0.1, 0.15) is 0 Å². The van der Waals surface area contributed by atoms with Gasteiger partial charge in [0, 0.05) is 36.3 Å². The zero-order valence-electron chi connectivity index (χ0n) is 16.9. The summed E-state index contributed by atoms with van der Waals surface area (Å²) in [5, 5.41) is 6.28. The van der Waals surface area contributed by atoms with Crippen molar-refractivity contribution in [2.24, 2.45) is 0 Å². The van der Waals surface area contributed by atoms with Crippen LogP contribution in [0.4, 0.5) is 22.7 Å². The van der Waals surface area contributed by atoms with Crippen LogP contribution in [0.5, 0.6) is 0 Å². The summed E-state index contributed by atoms with van der Waals surface area (Å²) in [6.07, 6.45) is 5.84. The van der Waals surface area contributed by atoms with Gasteiger partial charge in [-0.05, 0) is 80.3 Å². The molecular formula is C24H26N4O. The maximum absolute atomic E-state index is 12.6. The van der Waals surface area contributed by atoms with Crippen LogP contribution in [0.3, 0.4) is 0 Å². The molecule has 1 saturated heterocycles. The maximum atomic E-state index is 12.6. The minimum atomic E-state index is -0.172. The summed E-state index contributed by atoms with van der Waals surface area (Å²) in [6, 6.07) is 16.1. The first kappa shape index (κ1) is 19.0. The minimum absolute atomic E-state index is 0.172. The molecule has 0 spiro atoms. The number of rotatable bonds is 5. The number of carbonyl (C=O) groups excluding carboxylic acids is 1.